The number of carbonyl (C=O) groups excluding carboxylic acids is 1. The second-order valence-corrected chi connectivity index (χ2v) is 5.94. The summed E-state index contributed by atoms with van der Waals surface area (Å²) in [4.78, 5) is 12.6. The number of ketones is 1. The van der Waals surface area contributed by atoms with Crippen LogP contribution in [0.4, 0.5) is 0 Å². The van der Waals surface area contributed by atoms with E-state index in [-0.39, 0.29) is 12.2 Å². The van der Waals surface area contributed by atoms with Gasteiger partial charge in [-0.2, -0.15) is 5.26 Å². The fraction of sp³-hybridized carbons (Fsp3) is 0.100. The summed E-state index contributed by atoms with van der Waals surface area (Å²) in [6.07, 6.45) is 2.08. The molecule has 0 atom stereocenters. The second kappa shape index (κ2) is 7.16. The van der Waals surface area contributed by atoms with Gasteiger partial charge < -0.3 is 4.57 Å². The number of aromatic nitrogens is 1. The molecule has 3 aromatic rings. The van der Waals surface area contributed by atoms with Crippen LogP contribution < -0.4 is 0 Å². The molecule has 0 saturated heterocycles. The number of nitriles is 1. The van der Waals surface area contributed by atoms with Crippen molar-refractivity contribution in [1.82, 2.24) is 4.57 Å². The highest BCUT2D eigenvalue weighted by Gasteiger charge is 2.14. The highest BCUT2D eigenvalue weighted by Crippen LogP contribution is 2.18. The van der Waals surface area contributed by atoms with E-state index >= 15 is 0 Å². The van der Waals surface area contributed by atoms with E-state index in [0.717, 1.165) is 11.3 Å². The Morgan fingerprint density at radius 3 is 2.42 bits per heavy atom. The Hall–Kier alpha value is -2.83. The van der Waals surface area contributed by atoms with E-state index in [1.165, 1.54) is 0 Å². The zero-order chi connectivity index (χ0) is 16.9. The molecule has 0 aliphatic carbocycles. The van der Waals surface area contributed by atoms with Crippen molar-refractivity contribution in [2.75, 3.05) is 0 Å². The Bertz CT molecular complexity index is 890. The van der Waals surface area contributed by atoms with E-state index in [4.69, 9.17) is 16.9 Å². The minimum atomic E-state index is -0.0716. The SMILES string of the molecule is N#CCc1cc(C(=O)c2ccc(Cl)cc2)cn1Cc1ccccc1. The Balaban J connectivity index is 1.92. The quantitative estimate of drug-likeness (QED) is 0.645. The molecule has 3 nitrogen and oxygen atoms in total. The van der Waals surface area contributed by atoms with Crippen LogP contribution in [0.5, 0.6) is 0 Å². The number of halogens is 1. The molecule has 4 heteroatoms. The average molecular weight is 335 g/mol. The summed E-state index contributed by atoms with van der Waals surface area (Å²) in [6, 6.07) is 20.7. The first-order chi connectivity index (χ1) is 11.7. The van der Waals surface area contributed by atoms with Gasteiger partial charge in [0, 0.05) is 34.6 Å². The second-order valence-electron chi connectivity index (χ2n) is 5.50. The van der Waals surface area contributed by atoms with Crippen molar-refractivity contribution in [2.24, 2.45) is 0 Å². The van der Waals surface area contributed by atoms with Crippen molar-refractivity contribution in [3.05, 3.63) is 94.3 Å². The van der Waals surface area contributed by atoms with E-state index in [0.29, 0.717) is 22.7 Å². The molecule has 0 unspecified atom stereocenters. The van der Waals surface area contributed by atoms with E-state index in [1.54, 1.807) is 30.3 Å². The Morgan fingerprint density at radius 1 is 1.04 bits per heavy atom. The first-order valence-corrected chi connectivity index (χ1v) is 7.95. The Morgan fingerprint density at radius 2 is 1.75 bits per heavy atom. The predicted molar refractivity (Wildman–Crippen MR) is 94.2 cm³/mol. The van der Waals surface area contributed by atoms with Gasteiger partial charge in [-0.1, -0.05) is 41.9 Å². The summed E-state index contributed by atoms with van der Waals surface area (Å²) >= 11 is 5.87. The van der Waals surface area contributed by atoms with Crippen LogP contribution in [0.2, 0.25) is 5.02 Å². The summed E-state index contributed by atoms with van der Waals surface area (Å²) in [5.41, 5.74) is 3.12. The smallest absolute Gasteiger partial charge is 0.194 e. The highest BCUT2D eigenvalue weighted by molar-refractivity contribution is 6.30. The third-order valence-corrected chi connectivity index (χ3v) is 4.06. The first kappa shape index (κ1) is 16.0. The van der Waals surface area contributed by atoms with Crippen LogP contribution in [0.15, 0.2) is 66.9 Å². The van der Waals surface area contributed by atoms with Crippen LogP contribution in [-0.2, 0) is 13.0 Å². The average Bonchev–Trinajstić information content (AvgIpc) is 2.99. The zero-order valence-electron chi connectivity index (χ0n) is 12.9. The predicted octanol–water partition coefficient (Wildman–Crippen LogP) is 4.49. The van der Waals surface area contributed by atoms with Crippen molar-refractivity contribution in [1.29, 1.82) is 5.26 Å². The fourth-order valence-electron chi connectivity index (χ4n) is 2.60. The lowest BCUT2D eigenvalue weighted by molar-refractivity contribution is 0.103. The van der Waals surface area contributed by atoms with Crippen LogP contribution in [0.1, 0.15) is 27.2 Å². The maximum absolute atomic E-state index is 12.6. The van der Waals surface area contributed by atoms with Crippen molar-refractivity contribution in [3.63, 3.8) is 0 Å². The summed E-state index contributed by atoms with van der Waals surface area (Å²) < 4.78 is 1.96. The lowest BCUT2D eigenvalue weighted by Gasteiger charge is -2.06. The minimum Gasteiger partial charge on any atom is -0.345 e. The first-order valence-electron chi connectivity index (χ1n) is 7.57. The van der Waals surface area contributed by atoms with Gasteiger partial charge in [0.05, 0.1) is 12.5 Å². The zero-order valence-corrected chi connectivity index (χ0v) is 13.7. The lowest BCUT2D eigenvalue weighted by atomic mass is 10.1. The van der Waals surface area contributed by atoms with E-state index in [9.17, 15) is 4.79 Å². The summed E-state index contributed by atoms with van der Waals surface area (Å²) in [5, 5.41) is 9.64. The maximum Gasteiger partial charge on any atom is 0.194 e. The van der Waals surface area contributed by atoms with Crippen LogP contribution in [0.3, 0.4) is 0 Å². The molecule has 2 aromatic carbocycles. The van der Waals surface area contributed by atoms with Gasteiger partial charge in [0.15, 0.2) is 5.78 Å². The van der Waals surface area contributed by atoms with Gasteiger partial charge in [0.2, 0.25) is 0 Å². The lowest BCUT2D eigenvalue weighted by Crippen LogP contribution is -2.03. The molecular weight excluding hydrogens is 320 g/mol. The number of hydrogen-bond donors (Lipinski definition) is 0. The number of hydrogen-bond acceptors (Lipinski definition) is 2. The number of benzene rings is 2. The topological polar surface area (TPSA) is 45.8 Å². The summed E-state index contributed by atoms with van der Waals surface area (Å²) in [7, 11) is 0. The minimum absolute atomic E-state index is 0.0716. The molecule has 0 N–H and O–H groups in total. The number of carbonyl (C=O) groups is 1. The van der Waals surface area contributed by atoms with Gasteiger partial charge >= 0.3 is 0 Å². The van der Waals surface area contributed by atoms with Gasteiger partial charge in [-0.15, -0.1) is 0 Å². The Kier molecular flexibility index (Phi) is 4.79. The third kappa shape index (κ3) is 3.56. The van der Waals surface area contributed by atoms with Gasteiger partial charge in [-0.25, -0.2) is 0 Å². The summed E-state index contributed by atoms with van der Waals surface area (Å²) in [6.45, 7) is 0.631. The molecule has 0 amide bonds. The van der Waals surface area contributed by atoms with Crippen LogP contribution in [-0.4, -0.2) is 10.4 Å². The van der Waals surface area contributed by atoms with Crippen LogP contribution in [0, 0.1) is 11.3 Å². The molecule has 0 bridgehead atoms. The van der Waals surface area contributed by atoms with Crippen molar-refractivity contribution in [2.45, 2.75) is 13.0 Å². The standard InChI is InChI=1S/C20H15ClN2O/c21-18-8-6-16(7-9-18)20(24)17-12-19(10-11-22)23(14-17)13-15-4-2-1-3-5-15/h1-9,12,14H,10,13H2. The molecule has 0 aliphatic rings. The molecule has 1 heterocycles. The van der Waals surface area contributed by atoms with E-state index in [1.807, 2.05) is 41.1 Å². The molecule has 3 rings (SSSR count). The van der Waals surface area contributed by atoms with Crippen LogP contribution in [0.25, 0.3) is 0 Å². The van der Waals surface area contributed by atoms with Crippen molar-refractivity contribution >= 4 is 17.4 Å². The Labute approximate surface area is 145 Å². The molecule has 0 aliphatic heterocycles. The molecule has 24 heavy (non-hydrogen) atoms. The molecule has 0 spiro atoms. The molecule has 118 valence electrons. The third-order valence-electron chi connectivity index (χ3n) is 3.81. The maximum atomic E-state index is 12.6. The van der Waals surface area contributed by atoms with Gasteiger partial charge in [0.25, 0.3) is 0 Å². The largest absolute Gasteiger partial charge is 0.345 e. The van der Waals surface area contributed by atoms with Gasteiger partial charge in [-0.3, -0.25) is 4.79 Å². The normalized spacial score (nSPS) is 10.3. The monoisotopic (exact) mass is 334 g/mol. The van der Waals surface area contributed by atoms with Gasteiger partial charge in [0.1, 0.15) is 0 Å². The van der Waals surface area contributed by atoms with Gasteiger partial charge in [-0.05, 0) is 35.9 Å². The molecule has 0 saturated carbocycles. The fourth-order valence-corrected chi connectivity index (χ4v) is 2.73. The molecule has 1 aromatic heterocycles. The van der Waals surface area contributed by atoms with Crippen molar-refractivity contribution < 1.29 is 4.79 Å². The van der Waals surface area contributed by atoms with Crippen molar-refractivity contribution in [3.8, 4) is 6.07 Å². The molecular formula is C20H15ClN2O. The molecule has 0 radical (unpaired) electrons. The van der Waals surface area contributed by atoms with E-state index < -0.39 is 0 Å². The van der Waals surface area contributed by atoms with E-state index in [2.05, 4.69) is 6.07 Å². The number of nitrogens with zero attached hydrogens (tertiary/aromatic N) is 2. The highest BCUT2D eigenvalue weighted by atomic mass is 35.5. The summed E-state index contributed by atoms with van der Waals surface area (Å²) in [5.74, 6) is -0.0716. The molecule has 0 fully saturated rings. The van der Waals surface area contributed by atoms with Crippen LogP contribution >= 0.6 is 11.6 Å². The number of rotatable bonds is 5.